The van der Waals surface area contributed by atoms with Gasteiger partial charge in [-0.15, -0.1) is 0 Å². The maximum atomic E-state index is 12.3. The van der Waals surface area contributed by atoms with Crippen LogP contribution in [-0.2, 0) is 0 Å². The van der Waals surface area contributed by atoms with E-state index >= 15 is 0 Å². The molecule has 0 aromatic rings. The number of rotatable bonds is 1. The van der Waals surface area contributed by atoms with Crippen LogP contribution in [-0.4, -0.2) is 37.3 Å². The van der Waals surface area contributed by atoms with Crippen LogP contribution in [0, 0.1) is 11.8 Å². The SMILES string of the molecule is CN1C[C@H]2[C@@H](CF)C[C@@]2(N)C1. The second kappa shape index (κ2) is 2.17. The average Bonchev–Trinajstić information content (AvgIpc) is 2.14. The van der Waals surface area contributed by atoms with Crippen LogP contribution in [0.4, 0.5) is 4.39 Å². The molecule has 1 aliphatic heterocycles. The van der Waals surface area contributed by atoms with Crippen molar-refractivity contribution in [2.24, 2.45) is 17.6 Å². The van der Waals surface area contributed by atoms with Crippen molar-refractivity contribution in [1.29, 1.82) is 0 Å². The maximum absolute atomic E-state index is 12.3. The lowest BCUT2D eigenvalue weighted by Gasteiger charge is -2.47. The number of alkyl halides is 1. The summed E-state index contributed by atoms with van der Waals surface area (Å²) in [5.74, 6) is 0.683. The molecule has 0 aromatic heterocycles. The summed E-state index contributed by atoms with van der Waals surface area (Å²) >= 11 is 0. The summed E-state index contributed by atoms with van der Waals surface area (Å²) in [7, 11) is 2.06. The highest BCUT2D eigenvalue weighted by Gasteiger charge is 2.55. The number of hydrogen-bond acceptors (Lipinski definition) is 2. The Morgan fingerprint density at radius 2 is 2.45 bits per heavy atom. The van der Waals surface area contributed by atoms with E-state index in [1.54, 1.807) is 0 Å². The van der Waals surface area contributed by atoms with Crippen molar-refractivity contribution in [1.82, 2.24) is 4.90 Å². The van der Waals surface area contributed by atoms with Crippen LogP contribution in [0.2, 0.25) is 0 Å². The van der Waals surface area contributed by atoms with Gasteiger partial charge >= 0.3 is 0 Å². The fourth-order valence-corrected chi connectivity index (χ4v) is 2.67. The minimum absolute atomic E-state index is 0.0362. The lowest BCUT2D eigenvalue weighted by atomic mass is 9.62. The monoisotopic (exact) mass is 158 g/mol. The summed E-state index contributed by atoms with van der Waals surface area (Å²) < 4.78 is 12.3. The predicted octanol–water partition coefficient (Wildman–Crippen LogP) is 0.235. The number of nitrogens with zero attached hydrogens (tertiary/aromatic N) is 1. The van der Waals surface area contributed by atoms with Crippen molar-refractivity contribution in [2.45, 2.75) is 12.0 Å². The van der Waals surface area contributed by atoms with Gasteiger partial charge < -0.3 is 10.6 Å². The van der Waals surface area contributed by atoms with Gasteiger partial charge in [-0.1, -0.05) is 0 Å². The van der Waals surface area contributed by atoms with E-state index in [4.69, 9.17) is 5.73 Å². The van der Waals surface area contributed by atoms with Crippen LogP contribution in [0.15, 0.2) is 0 Å². The van der Waals surface area contributed by atoms with Crippen LogP contribution in [0.3, 0.4) is 0 Å². The van der Waals surface area contributed by atoms with Crippen molar-refractivity contribution in [2.75, 3.05) is 26.8 Å². The van der Waals surface area contributed by atoms with Crippen molar-refractivity contribution in [3.63, 3.8) is 0 Å². The Morgan fingerprint density at radius 3 is 3.00 bits per heavy atom. The number of likely N-dealkylation sites (tertiary alicyclic amines) is 1. The molecule has 0 spiro atoms. The minimum Gasteiger partial charge on any atom is -0.324 e. The Kier molecular flexibility index (Phi) is 1.48. The van der Waals surface area contributed by atoms with Gasteiger partial charge in [0, 0.05) is 18.6 Å². The summed E-state index contributed by atoms with van der Waals surface area (Å²) in [4.78, 5) is 2.21. The Morgan fingerprint density at radius 1 is 1.73 bits per heavy atom. The largest absolute Gasteiger partial charge is 0.324 e. The molecule has 1 saturated carbocycles. The molecule has 0 bridgehead atoms. The van der Waals surface area contributed by atoms with Crippen LogP contribution in [0.1, 0.15) is 6.42 Å². The van der Waals surface area contributed by atoms with E-state index in [2.05, 4.69) is 11.9 Å². The third-order valence-corrected chi connectivity index (χ3v) is 3.22. The molecular weight excluding hydrogens is 143 g/mol. The molecule has 2 fully saturated rings. The number of nitrogens with two attached hydrogens (primary N) is 1. The van der Waals surface area contributed by atoms with E-state index in [9.17, 15) is 4.39 Å². The number of halogens is 1. The van der Waals surface area contributed by atoms with Crippen molar-refractivity contribution in [3.8, 4) is 0 Å². The molecule has 3 heteroatoms. The van der Waals surface area contributed by atoms with Crippen molar-refractivity contribution in [3.05, 3.63) is 0 Å². The fraction of sp³-hybridized carbons (Fsp3) is 1.00. The third-order valence-electron chi connectivity index (χ3n) is 3.22. The second-order valence-electron chi connectivity index (χ2n) is 4.15. The van der Waals surface area contributed by atoms with E-state index in [1.165, 1.54) is 0 Å². The molecule has 0 unspecified atom stereocenters. The Labute approximate surface area is 66.5 Å². The Balaban J connectivity index is 2.05. The lowest BCUT2D eigenvalue weighted by molar-refractivity contribution is 0.0629. The fourth-order valence-electron chi connectivity index (χ4n) is 2.67. The zero-order valence-electron chi connectivity index (χ0n) is 6.89. The first-order valence-electron chi connectivity index (χ1n) is 4.19. The number of fused-ring (bicyclic) bond motifs is 1. The molecule has 1 heterocycles. The molecule has 1 aliphatic carbocycles. The average molecular weight is 158 g/mol. The van der Waals surface area contributed by atoms with Gasteiger partial charge in [-0.05, 0) is 25.3 Å². The Bertz CT molecular complexity index is 173. The summed E-state index contributed by atoms with van der Waals surface area (Å²) in [5.41, 5.74) is 6.02. The first-order valence-corrected chi connectivity index (χ1v) is 4.19. The summed E-state index contributed by atoms with van der Waals surface area (Å²) in [6.45, 7) is 1.76. The van der Waals surface area contributed by atoms with Crippen LogP contribution in [0.25, 0.3) is 0 Å². The van der Waals surface area contributed by atoms with Crippen molar-refractivity contribution >= 4 is 0 Å². The van der Waals surface area contributed by atoms with E-state index in [-0.39, 0.29) is 18.1 Å². The molecule has 11 heavy (non-hydrogen) atoms. The zero-order valence-corrected chi connectivity index (χ0v) is 6.89. The molecular formula is C8H15FN2. The minimum atomic E-state index is -0.183. The summed E-state index contributed by atoms with van der Waals surface area (Å²) in [6, 6.07) is 0. The Hall–Kier alpha value is -0.150. The van der Waals surface area contributed by atoms with Crippen LogP contribution >= 0.6 is 0 Å². The van der Waals surface area contributed by atoms with Gasteiger partial charge in [-0.25, -0.2) is 0 Å². The van der Waals surface area contributed by atoms with Gasteiger partial charge in [0.15, 0.2) is 0 Å². The molecule has 64 valence electrons. The van der Waals surface area contributed by atoms with Crippen LogP contribution < -0.4 is 5.73 Å². The van der Waals surface area contributed by atoms with E-state index in [1.807, 2.05) is 0 Å². The van der Waals surface area contributed by atoms with Gasteiger partial charge in [0.2, 0.25) is 0 Å². The molecule has 3 atom stereocenters. The molecule has 2 N–H and O–H groups in total. The topological polar surface area (TPSA) is 29.3 Å². The van der Waals surface area contributed by atoms with Gasteiger partial charge in [0.05, 0.1) is 6.67 Å². The van der Waals surface area contributed by atoms with Gasteiger partial charge in [-0.2, -0.15) is 0 Å². The third kappa shape index (κ3) is 0.908. The van der Waals surface area contributed by atoms with E-state index < -0.39 is 0 Å². The lowest BCUT2D eigenvalue weighted by Crippen LogP contribution is -2.60. The number of hydrogen-bond donors (Lipinski definition) is 1. The highest BCUT2D eigenvalue weighted by atomic mass is 19.1. The van der Waals surface area contributed by atoms with Gasteiger partial charge in [0.1, 0.15) is 0 Å². The molecule has 2 rings (SSSR count). The maximum Gasteiger partial charge on any atom is 0.0927 e. The van der Waals surface area contributed by atoms with E-state index in [0.717, 1.165) is 19.5 Å². The normalized spacial score (nSPS) is 50.5. The van der Waals surface area contributed by atoms with Gasteiger partial charge in [-0.3, -0.25) is 4.39 Å². The zero-order chi connectivity index (χ0) is 8.06. The number of likely N-dealkylation sites (N-methyl/N-ethyl adjacent to an activating group) is 1. The molecule has 0 amide bonds. The van der Waals surface area contributed by atoms with Gasteiger partial charge in [0.25, 0.3) is 0 Å². The predicted molar refractivity (Wildman–Crippen MR) is 42.0 cm³/mol. The quantitative estimate of drug-likeness (QED) is 0.592. The van der Waals surface area contributed by atoms with Crippen LogP contribution in [0.5, 0.6) is 0 Å². The summed E-state index contributed by atoms with van der Waals surface area (Å²) in [5, 5.41) is 0. The molecule has 2 nitrogen and oxygen atoms in total. The first kappa shape index (κ1) is 7.50. The molecule has 2 aliphatic rings. The van der Waals surface area contributed by atoms with E-state index in [0.29, 0.717) is 5.92 Å². The molecule has 0 radical (unpaired) electrons. The summed E-state index contributed by atoms with van der Waals surface area (Å²) in [6.07, 6.45) is 0.887. The highest BCUT2D eigenvalue weighted by Crippen LogP contribution is 2.46. The molecule has 1 saturated heterocycles. The second-order valence-corrected chi connectivity index (χ2v) is 4.15. The molecule has 0 aromatic carbocycles. The smallest absolute Gasteiger partial charge is 0.0927 e. The highest BCUT2D eigenvalue weighted by molar-refractivity contribution is 5.12. The van der Waals surface area contributed by atoms with Crippen molar-refractivity contribution < 1.29 is 4.39 Å². The first-order chi connectivity index (χ1) is 5.15. The standard InChI is InChI=1S/C8H15FN2/c1-11-4-7-6(3-9)2-8(7,10)5-11/h6-7H,2-5,10H2,1H3/t6-,7+,8-/m1/s1.